The van der Waals surface area contributed by atoms with E-state index in [0.29, 0.717) is 29.5 Å². The van der Waals surface area contributed by atoms with Crippen molar-refractivity contribution in [3.63, 3.8) is 0 Å². The van der Waals surface area contributed by atoms with Crippen molar-refractivity contribution < 1.29 is 23.8 Å². The number of pyridine rings is 1. The smallest absolute Gasteiger partial charge is 0.250 e. The van der Waals surface area contributed by atoms with Gasteiger partial charge in [-0.2, -0.15) is 0 Å². The molecule has 4 N–H and O–H groups in total. The lowest BCUT2D eigenvalue weighted by Crippen LogP contribution is -2.46. The predicted octanol–water partition coefficient (Wildman–Crippen LogP) is 4.07. The first kappa shape index (κ1) is 24.3. The summed E-state index contributed by atoms with van der Waals surface area (Å²) in [6.07, 6.45) is 3.11. The maximum atomic E-state index is 11.1. The van der Waals surface area contributed by atoms with Gasteiger partial charge in [0.1, 0.15) is 29.8 Å². The van der Waals surface area contributed by atoms with E-state index in [-0.39, 0.29) is 12.1 Å². The monoisotopic (exact) mass is 475 g/mol. The number of benzene rings is 2. The van der Waals surface area contributed by atoms with Crippen molar-refractivity contribution in [2.75, 3.05) is 13.2 Å². The van der Waals surface area contributed by atoms with Gasteiger partial charge in [0.05, 0.1) is 11.8 Å². The van der Waals surface area contributed by atoms with Crippen LogP contribution in [0.5, 0.6) is 17.4 Å². The normalized spacial score (nSPS) is 12.4. The van der Waals surface area contributed by atoms with Gasteiger partial charge in [-0.1, -0.05) is 12.1 Å². The van der Waals surface area contributed by atoms with Crippen LogP contribution in [0.4, 0.5) is 0 Å². The third kappa shape index (κ3) is 6.81. The van der Waals surface area contributed by atoms with Gasteiger partial charge in [0.25, 0.3) is 0 Å². The summed E-state index contributed by atoms with van der Waals surface area (Å²) in [6, 6.07) is 18.4. The number of aromatic nitrogens is 1. The fourth-order valence-corrected chi connectivity index (χ4v) is 3.63. The Morgan fingerprint density at radius 3 is 2.60 bits per heavy atom. The summed E-state index contributed by atoms with van der Waals surface area (Å²) >= 11 is 0. The van der Waals surface area contributed by atoms with Crippen LogP contribution in [0, 0.1) is 0 Å². The molecule has 182 valence electrons. The second kappa shape index (κ2) is 10.6. The minimum Gasteiger partial charge on any atom is -0.491 e. The van der Waals surface area contributed by atoms with Crippen LogP contribution >= 0.6 is 0 Å². The van der Waals surface area contributed by atoms with Crippen LogP contribution < -0.4 is 20.5 Å². The summed E-state index contributed by atoms with van der Waals surface area (Å²) in [5.74, 6) is 1.15. The minimum absolute atomic E-state index is 0.176. The zero-order chi connectivity index (χ0) is 24.8. The van der Waals surface area contributed by atoms with E-state index in [2.05, 4.69) is 24.1 Å². The summed E-state index contributed by atoms with van der Waals surface area (Å²) in [5, 5.41) is 14.8. The molecule has 0 aliphatic rings. The number of ether oxygens (including phenoxy) is 2. The molecule has 0 radical (unpaired) electrons. The molecule has 0 bridgehead atoms. The summed E-state index contributed by atoms with van der Waals surface area (Å²) in [5.41, 5.74) is 7.18. The Morgan fingerprint density at radius 2 is 1.89 bits per heavy atom. The SMILES string of the molecule is CC(C)(Cc1ccc(Oc2ccc(C(N)=O)cn2)cc1)NC[C@@H](O)COc1ccc2ccoc2c1. The number of β-amino-alcohol motifs (C(OH)–C–C–N with tert-alkyl or cyclic N) is 1. The number of carbonyl (C=O) groups excluding carboxylic acids is 1. The lowest BCUT2D eigenvalue weighted by atomic mass is 9.94. The lowest BCUT2D eigenvalue weighted by molar-refractivity contribution is 0.0988. The molecule has 2 aromatic heterocycles. The Balaban J connectivity index is 1.23. The van der Waals surface area contributed by atoms with E-state index in [1.54, 1.807) is 18.4 Å². The number of nitrogens with one attached hydrogen (secondary N) is 1. The van der Waals surface area contributed by atoms with Crippen molar-refractivity contribution in [2.45, 2.75) is 31.9 Å². The van der Waals surface area contributed by atoms with Crippen LogP contribution in [0.15, 0.2) is 77.5 Å². The molecule has 1 atom stereocenters. The minimum atomic E-state index is -0.661. The molecule has 0 aliphatic heterocycles. The second-order valence-electron chi connectivity index (χ2n) is 9.02. The van der Waals surface area contributed by atoms with E-state index in [4.69, 9.17) is 19.6 Å². The molecule has 0 spiro atoms. The van der Waals surface area contributed by atoms with Crippen LogP contribution in [0.1, 0.15) is 29.8 Å². The standard InChI is InChI=1S/C27H29N3O5/c1-27(2,30-16-21(31)17-34-23-9-5-19-11-12-33-24(19)13-23)14-18-3-7-22(8-4-18)35-25-10-6-20(15-29-25)26(28)32/h3-13,15,21,30-31H,14,16-17H2,1-2H3,(H2,28,32)/t21-/m1/s1. The Hall–Kier alpha value is -3.88. The zero-order valence-electron chi connectivity index (χ0n) is 19.7. The first-order valence-electron chi connectivity index (χ1n) is 11.3. The third-order valence-electron chi connectivity index (χ3n) is 5.50. The quantitative estimate of drug-likeness (QED) is 0.299. The highest BCUT2D eigenvalue weighted by molar-refractivity contribution is 5.92. The van der Waals surface area contributed by atoms with Gasteiger partial charge in [0, 0.05) is 35.8 Å². The number of hydrogen-bond acceptors (Lipinski definition) is 7. The predicted molar refractivity (Wildman–Crippen MR) is 133 cm³/mol. The molecule has 0 unspecified atom stereocenters. The number of amides is 1. The molecule has 8 nitrogen and oxygen atoms in total. The van der Waals surface area contributed by atoms with E-state index in [1.165, 1.54) is 6.20 Å². The molecule has 4 rings (SSSR count). The van der Waals surface area contributed by atoms with Gasteiger partial charge in [-0.05, 0) is 62.2 Å². The summed E-state index contributed by atoms with van der Waals surface area (Å²) < 4.78 is 16.8. The zero-order valence-corrected chi connectivity index (χ0v) is 19.7. The van der Waals surface area contributed by atoms with Crippen LogP contribution in [-0.4, -0.2) is 40.8 Å². The highest BCUT2D eigenvalue weighted by atomic mass is 16.5. The molecule has 1 amide bonds. The number of fused-ring (bicyclic) bond motifs is 1. The van der Waals surface area contributed by atoms with Crippen LogP contribution in [0.3, 0.4) is 0 Å². The topological polar surface area (TPSA) is 120 Å². The molecule has 0 aliphatic carbocycles. The van der Waals surface area contributed by atoms with E-state index >= 15 is 0 Å². The van der Waals surface area contributed by atoms with Crippen LogP contribution in [-0.2, 0) is 6.42 Å². The average molecular weight is 476 g/mol. The largest absolute Gasteiger partial charge is 0.491 e. The molecule has 4 aromatic rings. The van der Waals surface area contributed by atoms with Crippen LogP contribution in [0.2, 0.25) is 0 Å². The molecule has 8 heteroatoms. The summed E-state index contributed by atoms with van der Waals surface area (Å²) in [7, 11) is 0. The number of furan rings is 1. The molecule has 0 saturated heterocycles. The Morgan fingerprint density at radius 1 is 1.11 bits per heavy atom. The van der Waals surface area contributed by atoms with E-state index in [1.807, 2.05) is 48.5 Å². The molecular formula is C27H29N3O5. The van der Waals surface area contributed by atoms with Gasteiger partial charge in [0.15, 0.2) is 0 Å². The highest BCUT2D eigenvalue weighted by Crippen LogP contribution is 2.23. The lowest BCUT2D eigenvalue weighted by Gasteiger charge is -2.28. The van der Waals surface area contributed by atoms with Crippen molar-refractivity contribution in [1.82, 2.24) is 10.3 Å². The van der Waals surface area contributed by atoms with Crippen molar-refractivity contribution in [3.05, 3.63) is 84.3 Å². The van der Waals surface area contributed by atoms with E-state index < -0.39 is 12.0 Å². The number of carbonyl (C=O) groups is 1. The van der Waals surface area contributed by atoms with Gasteiger partial charge in [-0.3, -0.25) is 4.79 Å². The van der Waals surface area contributed by atoms with Gasteiger partial charge in [-0.25, -0.2) is 4.98 Å². The summed E-state index contributed by atoms with van der Waals surface area (Å²) in [4.78, 5) is 15.2. The maximum Gasteiger partial charge on any atom is 0.250 e. The Kier molecular flexibility index (Phi) is 7.33. The Labute approximate surface area is 203 Å². The molecule has 0 saturated carbocycles. The number of hydrogen-bond donors (Lipinski definition) is 3. The molecular weight excluding hydrogens is 446 g/mol. The van der Waals surface area contributed by atoms with E-state index in [0.717, 1.165) is 23.0 Å². The second-order valence-corrected chi connectivity index (χ2v) is 9.02. The van der Waals surface area contributed by atoms with Gasteiger partial charge in [0.2, 0.25) is 11.8 Å². The number of aliphatic hydroxyl groups is 1. The van der Waals surface area contributed by atoms with Gasteiger partial charge in [-0.15, -0.1) is 0 Å². The first-order valence-corrected chi connectivity index (χ1v) is 11.3. The van der Waals surface area contributed by atoms with Crippen molar-refractivity contribution in [2.24, 2.45) is 5.73 Å². The van der Waals surface area contributed by atoms with E-state index in [9.17, 15) is 9.90 Å². The van der Waals surface area contributed by atoms with Crippen LogP contribution in [0.25, 0.3) is 11.0 Å². The first-order chi connectivity index (χ1) is 16.8. The highest BCUT2D eigenvalue weighted by Gasteiger charge is 2.20. The number of aliphatic hydroxyl groups excluding tert-OH is 1. The number of rotatable bonds is 11. The number of primary amides is 1. The molecule has 2 aromatic carbocycles. The fourth-order valence-electron chi connectivity index (χ4n) is 3.63. The number of nitrogens with two attached hydrogens (primary N) is 1. The van der Waals surface area contributed by atoms with Gasteiger partial charge >= 0.3 is 0 Å². The molecule has 2 heterocycles. The van der Waals surface area contributed by atoms with Gasteiger partial charge < -0.3 is 30.0 Å². The van der Waals surface area contributed by atoms with Crippen molar-refractivity contribution >= 4 is 16.9 Å². The maximum absolute atomic E-state index is 11.1. The third-order valence-corrected chi connectivity index (χ3v) is 5.50. The Bertz CT molecular complexity index is 1270. The van der Waals surface area contributed by atoms with Crippen molar-refractivity contribution in [3.8, 4) is 17.4 Å². The summed E-state index contributed by atoms with van der Waals surface area (Å²) in [6.45, 7) is 4.74. The van der Waals surface area contributed by atoms with Crippen molar-refractivity contribution in [1.29, 1.82) is 0 Å². The molecule has 0 fully saturated rings. The average Bonchev–Trinajstić information content (AvgIpc) is 3.31. The fraction of sp³-hybridized carbons (Fsp3) is 0.259. The number of nitrogens with zero attached hydrogens (tertiary/aromatic N) is 1. The molecule has 35 heavy (non-hydrogen) atoms.